The molecular formula is C11H13N3O4. The highest BCUT2D eigenvalue weighted by Gasteiger charge is 2.20. The summed E-state index contributed by atoms with van der Waals surface area (Å²) in [6, 6.07) is 1.51. The highest BCUT2D eigenvalue weighted by atomic mass is 16.5. The number of nitrogens with one attached hydrogen (secondary N) is 1. The highest BCUT2D eigenvalue weighted by Crippen LogP contribution is 2.19. The van der Waals surface area contributed by atoms with Gasteiger partial charge in [-0.25, -0.2) is 4.79 Å². The van der Waals surface area contributed by atoms with E-state index in [9.17, 15) is 9.59 Å². The zero-order chi connectivity index (χ0) is 13.1. The number of amides is 1. The van der Waals surface area contributed by atoms with Crippen LogP contribution in [0.4, 0.5) is 5.82 Å². The van der Waals surface area contributed by atoms with Crippen molar-refractivity contribution in [2.75, 3.05) is 11.9 Å². The van der Waals surface area contributed by atoms with Crippen LogP contribution >= 0.6 is 0 Å². The van der Waals surface area contributed by atoms with Crippen molar-refractivity contribution in [1.29, 1.82) is 0 Å². The number of anilines is 1. The standard InChI is InChI=1S/C11H13N3O4/c1-7(16)12-9-4-5-14(11(17)13-9)10-3-2-8(6-15)18-10/h2-5,8,10,15H,6H2,1H3,(H,12,13,16,17)/t8-,10+/m0/s1. The minimum absolute atomic E-state index is 0.140. The van der Waals surface area contributed by atoms with Gasteiger partial charge in [0.2, 0.25) is 5.91 Å². The molecule has 1 aromatic rings. The van der Waals surface area contributed by atoms with Crippen LogP contribution in [0.15, 0.2) is 29.2 Å². The molecule has 0 fully saturated rings. The first kappa shape index (κ1) is 12.5. The molecule has 1 amide bonds. The van der Waals surface area contributed by atoms with Gasteiger partial charge in [0.15, 0.2) is 6.23 Å². The minimum Gasteiger partial charge on any atom is -0.393 e. The predicted octanol–water partition coefficient (Wildman–Crippen LogP) is -0.352. The molecule has 0 aliphatic carbocycles. The molecule has 0 unspecified atom stereocenters. The van der Waals surface area contributed by atoms with Crippen LogP contribution in [0.25, 0.3) is 0 Å². The van der Waals surface area contributed by atoms with E-state index in [1.54, 1.807) is 12.2 Å². The van der Waals surface area contributed by atoms with Gasteiger partial charge >= 0.3 is 5.69 Å². The number of hydrogen-bond acceptors (Lipinski definition) is 5. The van der Waals surface area contributed by atoms with Crippen LogP contribution < -0.4 is 11.0 Å². The van der Waals surface area contributed by atoms with Gasteiger partial charge in [-0.05, 0) is 12.1 Å². The number of nitrogens with zero attached hydrogens (tertiary/aromatic N) is 2. The predicted molar refractivity (Wildman–Crippen MR) is 62.9 cm³/mol. The summed E-state index contributed by atoms with van der Waals surface area (Å²) in [7, 11) is 0. The highest BCUT2D eigenvalue weighted by molar-refractivity contribution is 5.87. The van der Waals surface area contributed by atoms with Gasteiger partial charge < -0.3 is 15.2 Å². The zero-order valence-corrected chi connectivity index (χ0v) is 9.74. The quantitative estimate of drug-likeness (QED) is 0.716. The summed E-state index contributed by atoms with van der Waals surface area (Å²) < 4.78 is 6.65. The molecular weight excluding hydrogens is 238 g/mol. The van der Waals surface area contributed by atoms with Gasteiger partial charge in [0.1, 0.15) is 11.9 Å². The first-order chi connectivity index (χ1) is 8.60. The number of carbonyl (C=O) groups excluding carboxylic acids is 1. The third-order valence-corrected chi connectivity index (χ3v) is 2.39. The molecule has 1 aliphatic heterocycles. The molecule has 7 nitrogen and oxygen atoms in total. The van der Waals surface area contributed by atoms with Crippen LogP contribution in [0, 0.1) is 0 Å². The van der Waals surface area contributed by atoms with Gasteiger partial charge in [0, 0.05) is 13.1 Å². The van der Waals surface area contributed by atoms with Crippen molar-refractivity contribution in [2.45, 2.75) is 19.3 Å². The van der Waals surface area contributed by atoms with Crippen molar-refractivity contribution >= 4 is 11.7 Å². The molecule has 7 heteroatoms. The fourth-order valence-electron chi connectivity index (χ4n) is 1.61. The van der Waals surface area contributed by atoms with Crippen LogP contribution in [0.2, 0.25) is 0 Å². The van der Waals surface area contributed by atoms with E-state index in [2.05, 4.69) is 10.3 Å². The van der Waals surface area contributed by atoms with E-state index in [-0.39, 0.29) is 18.3 Å². The van der Waals surface area contributed by atoms with Crippen LogP contribution in [0.1, 0.15) is 13.2 Å². The largest absolute Gasteiger partial charge is 0.393 e. The summed E-state index contributed by atoms with van der Waals surface area (Å²) in [6.07, 6.45) is 3.85. The zero-order valence-electron chi connectivity index (χ0n) is 9.74. The Kier molecular flexibility index (Phi) is 3.54. The Labute approximate surface area is 103 Å². The van der Waals surface area contributed by atoms with Crippen LogP contribution in [0.3, 0.4) is 0 Å². The summed E-state index contributed by atoms with van der Waals surface area (Å²) >= 11 is 0. The van der Waals surface area contributed by atoms with Gasteiger partial charge in [0.05, 0.1) is 6.61 Å². The Morgan fingerprint density at radius 1 is 1.61 bits per heavy atom. The SMILES string of the molecule is CC(=O)Nc1ccn([C@H]2C=C[C@@H](CO)O2)c(=O)n1. The molecule has 18 heavy (non-hydrogen) atoms. The minimum atomic E-state index is -0.575. The van der Waals surface area contributed by atoms with Crippen molar-refractivity contribution in [3.63, 3.8) is 0 Å². The summed E-state index contributed by atoms with van der Waals surface area (Å²) in [5.41, 5.74) is -0.533. The summed E-state index contributed by atoms with van der Waals surface area (Å²) in [4.78, 5) is 26.3. The maximum absolute atomic E-state index is 11.7. The van der Waals surface area contributed by atoms with E-state index >= 15 is 0 Å². The molecule has 2 atom stereocenters. The molecule has 1 aliphatic rings. The van der Waals surface area contributed by atoms with E-state index in [1.165, 1.54) is 23.8 Å². The smallest absolute Gasteiger partial charge is 0.351 e. The molecule has 0 aromatic carbocycles. The Morgan fingerprint density at radius 2 is 2.39 bits per heavy atom. The van der Waals surface area contributed by atoms with Crippen molar-refractivity contribution in [1.82, 2.24) is 9.55 Å². The molecule has 96 valence electrons. The number of rotatable bonds is 3. The summed E-state index contributed by atoms with van der Waals surface area (Å²) in [6.45, 7) is 1.20. The second-order valence-corrected chi connectivity index (χ2v) is 3.82. The lowest BCUT2D eigenvalue weighted by Crippen LogP contribution is -2.28. The number of aliphatic hydroxyl groups is 1. The number of aliphatic hydroxyl groups excluding tert-OH is 1. The molecule has 2 N–H and O–H groups in total. The average Bonchev–Trinajstić information content (AvgIpc) is 2.76. The van der Waals surface area contributed by atoms with E-state index in [4.69, 9.17) is 9.84 Å². The molecule has 0 saturated heterocycles. The van der Waals surface area contributed by atoms with E-state index in [1.807, 2.05) is 0 Å². The number of carbonyl (C=O) groups is 1. The van der Waals surface area contributed by atoms with Crippen molar-refractivity contribution in [3.05, 3.63) is 34.9 Å². The van der Waals surface area contributed by atoms with Crippen LogP contribution in [-0.4, -0.2) is 33.3 Å². The van der Waals surface area contributed by atoms with Gasteiger partial charge in [-0.3, -0.25) is 9.36 Å². The van der Waals surface area contributed by atoms with Crippen LogP contribution in [-0.2, 0) is 9.53 Å². The maximum atomic E-state index is 11.7. The van der Waals surface area contributed by atoms with Gasteiger partial charge in [0.25, 0.3) is 0 Å². The Balaban J connectivity index is 2.18. The van der Waals surface area contributed by atoms with E-state index in [0.29, 0.717) is 0 Å². The van der Waals surface area contributed by atoms with Crippen molar-refractivity contribution in [3.8, 4) is 0 Å². The normalized spacial score (nSPS) is 22.1. The van der Waals surface area contributed by atoms with Crippen molar-refractivity contribution < 1.29 is 14.6 Å². The summed E-state index contributed by atoms with van der Waals surface area (Å²) in [5.74, 6) is -0.0959. The molecule has 2 rings (SSSR count). The monoisotopic (exact) mass is 251 g/mol. The van der Waals surface area contributed by atoms with Crippen LogP contribution in [0.5, 0.6) is 0 Å². The second-order valence-electron chi connectivity index (χ2n) is 3.82. The molecule has 0 spiro atoms. The third-order valence-electron chi connectivity index (χ3n) is 2.39. The molecule has 2 heterocycles. The Morgan fingerprint density at radius 3 is 2.94 bits per heavy atom. The molecule has 0 bridgehead atoms. The van der Waals surface area contributed by atoms with E-state index < -0.39 is 18.0 Å². The van der Waals surface area contributed by atoms with Gasteiger partial charge in [-0.15, -0.1) is 0 Å². The lowest BCUT2D eigenvalue weighted by atomic mass is 10.4. The molecule has 0 saturated carbocycles. The summed E-state index contributed by atoms with van der Waals surface area (Å²) in [5, 5.41) is 11.3. The maximum Gasteiger partial charge on any atom is 0.351 e. The third kappa shape index (κ3) is 2.63. The van der Waals surface area contributed by atoms with Gasteiger partial charge in [-0.1, -0.05) is 6.08 Å². The Bertz CT molecular complexity index is 537. The van der Waals surface area contributed by atoms with Gasteiger partial charge in [-0.2, -0.15) is 4.98 Å². The fraction of sp³-hybridized carbons (Fsp3) is 0.364. The number of hydrogen-bond donors (Lipinski definition) is 2. The lowest BCUT2D eigenvalue weighted by Gasteiger charge is -2.14. The fourth-order valence-corrected chi connectivity index (χ4v) is 1.61. The second kappa shape index (κ2) is 5.11. The average molecular weight is 251 g/mol. The topological polar surface area (TPSA) is 93.5 Å². The first-order valence-corrected chi connectivity index (χ1v) is 5.41. The Hall–Kier alpha value is -1.99. The number of aromatic nitrogens is 2. The molecule has 0 radical (unpaired) electrons. The van der Waals surface area contributed by atoms with Crippen molar-refractivity contribution in [2.24, 2.45) is 0 Å². The first-order valence-electron chi connectivity index (χ1n) is 5.41. The number of ether oxygens (including phenoxy) is 1. The lowest BCUT2D eigenvalue weighted by molar-refractivity contribution is -0.114. The molecule has 1 aromatic heterocycles. The van der Waals surface area contributed by atoms with E-state index in [0.717, 1.165) is 0 Å².